The number of nitrogens with zero attached hydrogens (tertiary/aromatic N) is 6. The van der Waals surface area contributed by atoms with Crippen molar-refractivity contribution in [3.8, 4) is 16.9 Å². The van der Waals surface area contributed by atoms with Crippen molar-refractivity contribution in [2.24, 2.45) is 7.05 Å². The van der Waals surface area contributed by atoms with Crippen LogP contribution in [-0.2, 0) is 18.3 Å². The van der Waals surface area contributed by atoms with Gasteiger partial charge in [0.2, 0.25) is 12.3 Å². The zero-order valence-electron chi connectivity index (χ0n) is 20.5. The Bertz CT molecular complexity index is 1690. The molecule has 6 aromatic rings. The van der Waals surface area contributed by atoms with Crippen LogP contribution in [0.3, 0.4) is 0 Å². The first-order valence-corrected chi connectivity index (χ1v) is 12.8. The number of hydrogen-bond donors (Lipinski definition) is 0. The lowest BCUT2D eigenvalue weighted by Gasteiger charge is -2.26. The van der Waals surface area contributed by atoms with E-state index in [2.05, 4.69) is 38.0 Å². The van der Waals surface area contributed by atoms with E-state index in [0.717, 1.165) is 44.7 Å². The van der Waals surface area contributed by atoms with Gasteiger partial charge in [0.15, 0.2) is 0 Å². The summed E-state index contributed by atoms with van der Waals surface area (Å²) in [6, 6.07) is 21.1. The van der Waals surface area contributed by atoms with Gasteiger partial charge in [0.05, 0.1) is 18.2 Å². The molecule has 9 heteroatoms. The number of carbonyl (C=O) groups excluding carboxylic acids is 1. The molecule has 6 rings (SSSR count). The van der Waals surface area contributed by atoms with Gasteiger partial charge in [-0.15, -0.1) is 0 Å². The summed E-state index contributed by atoms with van der Waals surface area (Å²) in [7, 11) is 1.96. The monoisotopic (exact) mass is 566 g/mol. The number of benzene rings is 2. The molecule has 0 spiro atoms. The highest BCUT2D eigenvalue weighted by Crippen LogP contribution is 2.35. The Balaban J connectivity index is 1.40. The Morgan fingerprint density at radius 1 is 1.05 bits per heavy atom. The number of rotatable bonds is 8. The van der Waals surface area contributed by atoms with E-state index in [0.29, 0.717) is 17.9 Å². The van der Waals surface area contributed by atoms with Gasteiger partial charge in [0, 0.05) is 59.4 Å². The van der Waals surface area contributed by atoms with Crippen molar-refractivity contribution in [3.63, 3.8) is 0 Å². The molecule has 4 aromatic heterocycles. The highest BCUT2D eigenvalue weighted by molar-refractivity contribution is 9.10. The molecule has 0 aliphatic rings. The number of anilines is 1. The number of hydrogen-bond acceptors (Lipinski definition) is 5. The SMILES string of the molecule is Cn1c(-c2ccc(-n3ccnc3)cc2)cnc1C(Cc1ccccn1)N(C=O)c1cc2cc(Br)ccc2o1. The number of furan rings is 1. The lowest BCUT2D eigenvalue weighted by atomic mass is 10.1. The number of aromatic nitrogens is 5. The van der Waals surface area contributed by atoms with Gasteiger partial charge in [-0.3, -0.25) is 14.7 Å². The lowest BCUT2D eigenvalue weighted by Crippen LogP contribution is -2.31. The average Bonchev–Trinajstić information content (AvgIpc) is 3.69. The Labute approximate surface area is 227 Å². The number of pyridine rings is 1. The summed E-state index contributed by atoms with van der Waals surface area (Å²) in [5.74, 6) is 1.17. The molecular weight excluding hydrogens is 544 g/mol. The van der Waals surface area contributed by atoms with Crippen molar-refractivity contribution in [2.75, 3.05) is 4.90 Å². The second-order valence-corrected chi connectivity index (χ2v) is 9.81. The molecule has 1 atom stereocenters. The molecule has 0 saturated carbocycles. The van der Waals surface area contributed by atoms with Crippen LogP contribution in [0.15, 0.2) is 107 Å². The summed E-state index contributed by atoms with van der Waals surface area (Å²) in [6.45, 7) is 0. The van der Waals surface area contributed by atoms with Gasteiger partial charge < -0.3 is 13.6 Å². The van der Waals surface area contributed by atoms with Crippen molar-refractivity contribution in [2.45, 2.75) is 12.5 Å². The largest absolute Gasteiger partial charge is 0.440 e. The van der Waals surface area contributed by atoms with E-state index in [4.69, 9.17) is 9.40 Å². The zero-order valence-corrected chi connectivity index (χ0v) is 22.1. The Morgan fingerprint density at radius 3 is 2.66 bits per heavy atom. The van der Waals surface area contributed by atoms with Gasteiger partial charge in [0.1, 0.15) is 17.4 Å². The summed E-state index contributed by atoms with van der Waals surface area (Å²) in [6.07, 6.45) is 10.3. The summed E-state index contributed by atoms with van der Waals surface area (Å²) in [5.41, 5.74) is 4.51. The van der Waals surface area contributed by atoms with Gasteiger partial charge >= 0.3 is 0 Å². The second-order valence-electron chi connectivity index (χ2n) is 8.90. The van der Waals surface area contributed by atoms with Gasteiger partial charge in [-0.1, -0.05) is 34.1 Å². The highest BCUT2D eigenvalue weighted by Gasteiger charge is 2.29. The maximum absolute atomic E-state index is 12.6. The maximum Gasteiger partial charge on any atom is 0.217 e. The Morgan fingerprint density at radius 2 is 1.92 bits per heavy atom. The van der Waals surface area contributed by atoms with Crippen LogP contribution < -0.4 is 4.90 Å². The summed E-state index contributed by atoms with van der Waals surface area (Å²) >= 11 is 3.50. The maximum atomic E-state index is 12.6. The van der Waals surface area contributed by atoms with Crippen molar-refractivity contribution >= 4 is 39.2 Å². The average molecular weight is 567 g/mol. The van der Waals surface area contributed by atoms with E-state index in [1.807, 2.05) is 83.2 Å². The quantitative estimate of drug-likeness (QED) is 0.207. The topological polar surface area (TPSA) is 82.0 Å². The Kier molecular flexibility index (Phi) is 6.35. The first kappa shape index (κ1) is 23.9. The fraction of sp³-hybridized carbons (Fsp3) is 0.103. The molecule has 38 heavy (non-hydrogen) atoms. The fourth-order valence-electron chi connectivity index (χ4n) is 4.66. The third kappa shape index (κ3) is 4.52. The van der Waals surface area contributed by atoms with Crippen LogP contribution in [0.4, 0.5) is 5.88 Å². The van der Waals surface area contributed by atoms with Crippen molar-refractivity contribution in [1.82, 2.24) is 24.1 Å². The smallest absolute Gasteiger partial charge is 0.217 e. The van der Waals surface area contributed by atoms with Crippen LogP contribution in [0.5, 0.6) is 0 Å². The second kappa shape index (κ2) is 10.1. The molecule has 0 N–H and O–H groups in total. The third-order valence-electron chi connectivity index (χ3n) is 6.59. The van der Waals surface area contributed by atoms with Crippen molar-refractivity contribution < 1.29 is 9.21 Å². The van der Waals surface area contributed by atoms with Gasteiger partial charge in [-0.05, 0) is 48.0 Å². The molecule has 0 saturated heterocycles. The summed E-state index contributed by atoms with van der Waals surface area (Å²) in [4.78, 5) is 27.6. The summed E-state index contributed by atoms with van der Waals surface area (Å²) in [5, 5.41) is 0.899. The van der Waals surface area contributed by atoms with Crippen molar-refractivity contribution in [1.29, 1.82) is 0 Å². The standard InChI is InChI=1S/C29H23BrN6O2/c1-34-26(20-5-8-24(9-6-20)35-13-12-31-18-35)17-33-29(34)25(16-23-4-2-3-11-32-23)36(19-37)28-15-21-14-22(30)7-10-27(21)38-28/h2-15,17-19,25H,16H2,1H3. The van der Waals surface area contributed by atoms with Gasteiger partial charge in [0.25, 0.3) is 0 Å². The van der Waals surface area contributed by atoms with Crippen LogP contribution in [-0.4, -0.2) is 30.5 Å². The van der Waals surface area contributed by atoms with E-state index < -0.39 is 6.04 Å². The minimum absolute atomic E-state index is 0.447. The number of fused-ring (bicyclic) bond motifs is 1. The predicted molar refractivity (Wildman–Crippen MR) is 149 cm³/mol. The van der Waals surface area contributed by atoms with E-state index in [-0.39, 0.29) is 0 Å². The van der Waals surface area contributed by atoms with Crippen LogP contribution in [0.2, 0.25) is 0 Å². The normalized spacial score (nSPS) is 12.1. The lowest BCUT2D eigenvalue weighted by molar-refractivity contribution is -0.108. The highest BCUT2D eigenvalue weighted by atomic mass is 79.9. The van der Waals surface area contributed by atoms with Gasteiger partial charge in [-0.2, -0.15) is 0 Å². The number of carbonyl (C=O) groups is 1. The molecule has 8 nitrogen and oxygen atoms in total. The number of amides is 1. The molecule has 1 amide bonds. The first-order valence-electron chi connectivity index (χ1n) is 12.0. The molecule has 2 aromatic carbocycles. The first-order chi connectivity index (χ1) is 18.6. The molecule has 0 fully saturated rings. The summed E-state index contributed by atoms with van der Waals surface area (Å²) < 4.78 is 11.0. The third-order valence-corrected chi connectivity index (χ3v) is 7.08. The molecule has 1 unspecified atom stereocenters. The zero-order chi connectivity index (χ0) is 26.1. The fourth-order valence-corrected chi connectivity index (χ4v) is 5.03. The molecule has 0 bridgehead atoms. The van der Waals surface area contributed by atoms with E-state index in [1.54, 1.807) is 23.6 Å². The minimum Gasteiger partial charge on any atom is -0.440 e. The van der Waals surface area contributed by atoms with E-state index in [1.165, 1.54) is 0 Å². The van der Waals surface area contributed by atoms with E-state index in [9.17, 15) is 4.79 Å². The molecule has 4 heterocycles. The molecular formula is C29H23BrN6O2. The predicted octanol–water partition coefficient (Wildman–Crippen LogP) is 6.12. The van der Waals surface area contributed by atoms with E-state index >= 15 is 0 Å². The molecule has 0 aliphatic heterocycles. The molecule has 0 aliphatic carbocycles. The minimum atomic E-state index is -0.449. The number of imidazole rings is 2. The van der Waals surface area contributed by atoms with Crippen LogP contribution in [0.1, 0.15) is 17.6 Å². The van der Waals surface area contributed by atoms with Crippen LogP contribution in [0, 0.1) is 0 Å². The molecule has 188 valence electrons. The van der Waals surface area contributed by atoms with Crippen LogP contribution in [0.25, 0.3) is 27.9 Å². The molecule has 0 radical (unpaired) electrons. The number of halogens is 1. The van der Waals surface area contributed by atoms with Gasteiger partial charge in [-0.25, -0.2) is 9.97 Å². The van der Waals surface area contributed by atoms with Crippen LogP contribution >= 0.6 is 15.9 Å². The van der Waals surface area contributed by atoms with Crippen molar-refractivity contribution in [3.05, 3.63) is 114 Å². The Hall–Kier alpha value is -4.50.